The lowest BCUT2D eigenvalue weighted by Gasteiger charge is -2.20. The van der Waals surface area contributed by atoms with Crippen molar-refractivity contribution in [2.24, 2.45) is 5.92 Å². The Labute approximate surface area is 169 Å². The van der Waals surface area contributed by atoms with E-state index in [1.165, 1.54) is 0 Å². The van der Waals surface area contributed by atoms with Gasteiger partial charge in [-0.25, -0.2) is 0 Å². The van der Waals surface area contributed by atoms with Gasteiger partial charge in [0, 0.05) is 35.6 Å². The van der Waals surface area contributed by atoms with Gasteiger partial charge in [-0.15, -0.1) is 0 Å². The van der Waals surface area contributed by atoms with E-state index in [0.29, 0.717) is 23.7 Å². The summed E-state index contributed by atoms with van der Waals surface area (Å²) in [6.07, 6.45) is 2.06. The molecule has 5 nitrogen and oxygen atoms in total. The summed E-state index contributed by atoms with van der Waals surface area (Å²) >= 11 is 6.05. The summed E-state index contributed by atoms with van der Waals surface area (Å²) in [7, 11) is 1.63. The molecule has 28 heavy (non-hydrogen) atoms. The molecule has 1 saturated heterocycles. The van der Waals surface area contributed by atoms with Gasteiger partial charge in [-0.3, -0.25) is 9.59 Å². The molecule has 0 bridgehead atoms. The van der Waals surface area contributed by atoms with Crippen LogP contribution < -0.4 is 10.1 Å². The molecule has 2 amide bonds. The maximum atomic E-state index is 13.0. The Kier molecular flexibility index (Phi) is 5.27. The summed E-state index contributed by atoms with van der Waals surface area (Å²) in [4.78, 5) is 27.7. The first kappa shape index (κ1) is 18.8. The first-order chi connectivity index (χ1) is 13.6. The van der Waals surface area contributed by atoms with Crippen LogP contribution in [0.5, 0.6) is 5.75 Å². The van der Waals surface area contributed by atoms with E-state index in [9.17, 15) is 9.59 Å². The maximum Gasteiger partial charge on any atom is 0.253 e. The van der Waals surface area contributed by atoms with Gasteiger partial charge < -0.3 is 15.0 Å². The van der Waals surface area contributed by atoms with Crippen molar-refractivity contribution in [2.45, 2.75) is 24.8 Å². The van der Waals surface area contributed by atoms with Crippen LogP contribution in [-0.2, 0) is 4.79 Å². The molecule has 1 aliphatic heterocycles. The lowest BCUT2D eigenvalue weighted by molar-refractivity contribution is -0.125. The Balaban J connectivity index is 1.62. The minimum Gasteiger partial charge on any atom is -0.496 e. The molecule has 1 aliphatic carbocycles. The third-order valence-corrected chi connectivity index (χ3v) is 5.71. The van der Waals surface area contributed by atoms with Crippen molar-refractivity contribution in [1.29, 1.82) is 0 Å². The molecular weight excluding hydrogens is 376 g/mol. The van der Waals surface area contributed by atoms with Gasteiger partial charge in [-0.05, 0) is 42.7 Å². The zero-order valence-corrected chi connectivity index (χ0v) is 16.5. The lowest BCUT2D eigenvalue weighted by atomic mass is 9.87. The second-order valence-corrected chi connectivity index (χ2v) is 7.89. The summed E-state index contributed by atoms with van der Waals surface area (Å²) in [5, 5.41) is 3.63. The highest BCUT2D eigenvalue weighted by atomic mass is 35.5. The fourth-order valence-corrected chi connectivity index (χ4v) is 4.05. The normalized spacial score (nSPS) is 21.4. The van der Waals surface area contributed by atoms with E-state index in [4.69, 9.17) is 16.3 Å². The number of hydrogen-bond donors (Lipinski definition) is 1. The topological polar surface area (TPSA) is 58.6 Å². The van der Waals surface area contributed by atoms with E-state index in [0.717, 1.165) is 24.2 Å². The molecule has 146 valence electrons. The van der Waals surface area contributed by atoms with Crippen LogP contribution in [0, 0.1) is 5.92 Å². The zero-order valence-electron chi connectivity index (χ0n) is 15.7. The monoisotopic (exact) mass is 398 g/mol. The van der Waals surface area contributed by atoms with Crippen molar-refractivity contribution < 1.29 is 14.3 Å². The number of carbonyl (C=O) groups excluding carboxylic acids is 2. The molecule has 2 unspecified atom stereocenters. The van der Waals surface area contributed by atoms with Gasteiger partial charge in [0.25, 0.3) is 5.91 Å². The molecule has 2 aromatic rings. The van der Waals surface area contributed by atoms with Crippen LogP contribution in [0.4, 0.5) is 0 Å². The Morgan fingerprint density at radius 3 is 2.61 bits per heavy atom. The Morgan fingerprint density at radius 2 is 1.89 bits per heavy atom. The average molecular weight is 399 g/mol. The number of hydrogen-bond acceptors (Lipinski definition) is 3. The summed E-state index contributed by atoms with van der Waals surface area (Å²) in [6.45, 7) is 0.848. The largest absolute Gasteiger partial charge is 0.496 e. The van der Waals surface area contributed by atoms with Crippen LogP contribution in [0.15, 0.2) is 48.5 Å². The molecular formula is C22H23ClN2O3. The number of carbonyl (C=O) groups is 2. The smallest absolute Gasteiger partial charge is 0.253 e. The van der Waals surface area contributed by atoms with Gasteiger partial charge >= 0.3 is 0 Å². The zero-order chi connectivity index (χ0) is 19.7. The predicted molar refractivity (Wildman–Crippen MR) is 108 cm³/mol. The summed E-state index contributed by atoms with van der Waals surface area (Å²) in [5.41, 5.74) is 1.50. The number of amides is 2. The quantitative estimate of drug-likeness (QED) is 0.838. The second kappa shape index (κ2) is 7.84. The van der Waals surface area contributed by atoms with Crippen molar-refractivity contribution in [3.63, 3.8) is 0 Å². The first-order valence-corrected chi connectivity index (χ1v) is 9.92. The van der Waals surface area contributed by atoms with E-state index in [2.05, 4.69) is 5.32 Å². The van der Waals surface area contributed by atoms with E-state index in [-0.39, 0.29) is 29.7 Å². The van der Waals surface area contributed by atoms with Gasteiger partial charge in [0.05, 0.1) is 13.0 Å². The Morgan fingerprint density at radius 1 is 1.11 bits per heavy atom. The van der Waals surface area contributed by atoms with E-state index in [1.54, 1.807) is 36.3 Å². The number of nitrogens with one attached hydrogen (secondary N) is 1. The third kappa shape index (κ3) is 3.85. The summed E-state index contributed by atoms with van der Waals surface area (Å²) in [5.74, 6) is 0.232. The molecule has 1 N–H and O–H groups in total. The number of likely N-dealkylation sites (tertiary alicyclic amines) is 1. The number of benzene rings is 2. The Hall–Kier alpha value is -2.53. The van der Waals surface area contributed by atoms with Crippen molar-refractivity contribution in [3.8, 4) is 5.75 Å². The van der Waals surface area contributed by atoms with E-state index in [1.807, 2.05) is 24.3 Å². The van der Waals surface area contributed by atoms with Gasteiger partial charge in [0.2, 0.25) is 5.91 Å². The van der Waals surface area contributed by atoms with E-state index < -0.39 is 0 Å². The fraction of sp³-hybridized carbons (Fsp3) is 0.364. The predicted octanol–water partition coefficient (Wildman–Crippen LogP) is 3.48. The standard InChI is InChI=1S/C22H23ClN2O3/c1-28-20-8-3-2-7-17(20)18-12-25(13-19(18)21(26)24-16-9-10-16)22(27)14-5-4-6-15(23)11-14/h2-8,11,16,18-19H,9-10,12-13H2,1H3,(H,24,26). The molecule has 6 heteroatoms. The number of rotatable bonds is 5. The molecule has 2 fully saturated rings. The molecule has 0 aromatic heterocycles. The number of methoxy groups -OCH3 is 1. The van der Waals surface area contributed by atoms with Gasteiger partial charge in [-0.2, -0.15) is 0 Å². The molecule has 2 atom stereocenters. The van der Waals surface area contributed by atoms with E-state index >= 15 is 0 Å². The van der Waals surface area contributed by atoms with Crippen LogP contribution in [0.2, 0.25) is 5.02 Å². The van der Waals surface area contributed by atoms with Crippen molar-refractivity contribution in [3.05, 3.63) is 64.7 Å². The van der Waals surface area contributed by atoms with Crippen LogP contribution in [-0.4, -0.2) is 43.0 Å². The summed E-state index contributed by atoms with van der Waals surface area (Å²) < 4.78 is 5.52. The van der Waals surface area contributed by atoms with Gasteiger partial charge in [0.1, 0.15) is 5.75 Å². The maximum absolute atomic E-state index is 13.0. The van der Waals surface area contributed by atoms with Crippen LogP contribution in [0.3, 0.4) is 0 Å². The SMILES string of the molecule is COc1ccccc1C1CN(C(=O)c2cccc(Cl)c2)CC1C(=O)NC1CC1. The van der Waals surface area contributed by atoms with Crippen LogP contribution in [0.25, 0.3) is 0 Å². The molecule has 0 radical (unpaired) electrons. The second-order valence-electron chi connectivity index (χ2n) is 7.46. The number of halogens is 1. The summed E-state index contributed by atoms with van der Waals surface area (Å²) in [6, 6.07) is 14.9. The molecule has 1 heterocycles. The number of nitrogens with zero attached hydrogens (tertiary/aromatic N) is 1. The molecule has 0 spiro atoms. The highest BCUT2D eigenvalue weighted by Gasteiger charge is 2.42. The lowest BCUT2D eigenvalue weighted by Crippen LogP contribution is -2.36. The fourth-order valence-electron chi connectivity index (χ4n) is 3.86. The minimum absolute atomic E-state index is 0.0137. The van der Waals surface area contributed by atoms with Crippen molar-refractivity contribution >= 4 is 23.4 Å². The number of para-hydroxylation sites is 1. The third-order valence-electron chi connectivity index (χ3n) is 5.48. The van der Waals surface area contributed by atoms with Crippen LogP contribution >= 0.6 is 11.6 Å². The molecule has 4 rings (SSSR count). The van der Waals surface area contributed by atoms with Crippen molar-refractivity contribution in [1.82, 2.24) is 10.2 Å². The molecule has 2 aromatic carbocycles. The van der Waals surface area contributed by atoms with Crippen LogP contribution in [0.1, 0.15) is 34.7 Å². The average Bonchev–Trinajstić information content (AvgIpc) is 3.41. The number of ether oxygens (including phenoxy) is 1. The first-order valence-electron chi connectivity index (χ1n) is 9.55. The Bertz CT molecular complexity index is 897. The highest BCUT2D eigenvalue weighted by molar-refractivity contribution is 6.30. The minimum atomic E-state index is -0.306. The molecule has 2 aliphatic rings. The highest BCUT2D eigenvalue weighted by Crippen LogP contribution is 2.38. The van der Waals surface area contributed by atoms with Crippen molar-refractivity contribution in [2.75, 3.05) is 20.2 Å². The van der Waals surface area contributed by atoms with Gasteiger partial charge in [-0.1, -0.05) is 35.9 Å². The van der Waals surface area contributed by atoms with Gasteiger partial charge in [0.15, 0.2) is 0 Å². The molecule has 1 saturated carbocycles.